The zero-order valence-corrected chi connectivity index (χ0v) is 12.3. The van der Waals surface area contributed by atoms with Gasteiger partial charge in [-0.05, 0) is 46.3 Å². The van der Waals surface area contributed by atoms with Crippen molar-refractivity contribution >= 4 is 38.6 Å². The molecule has 0 aliphatic carbocycles. The Kier molecular flexibility index (Phi) is 3.62. The Labute approximate surface area is 128 Å². The molecule has 6 heteroatoms. The van der Waals surface area contributed by atoms with Gasteiger partial charge in [0, 0.05) is 18.1 Å². The van der Waals surface area contributed by atoms with E-state index in [0.717, 1.165) is 0 Å². The van der Waals surface area contributed by atoms with Gasteiger partial charge in [0.05, 0.1) is 15.6 Å². The van der Waals surface area contributed by atoms with E-state index < -0.39 is 0 Å². The molecule has 1 aromatic heterocycles. The lowest BCUT2D eigenvalue weighted by molar-refractivity contribution is 0.102. The summed E-state index contributed by atoms with van der Waals surface area (Å²) in [5, 5.41) is 2.72. The number of hydrogen-bond acceptors (Lipinski definition) is 3. The highest BCUT2D eigenvalue weighted by atomic mass is 79.9. The molecule has 0 fully saturated rings. The lowest BCUT2D eigenvalue weighted by atomic mass is 10.1. The summed E-state index contributed by atoms with van der Waals surface area (Å²) in [6, 6.07) is 9.48. The van der Waals surface area contributed by atoms with E-state index in [1.165, 1.54) is 24.4 Å². The van der Waals surface area contributed by atoms with Gasteiger partial charge in [0.15, 0.2) is 0 Å². The maximum atomic E-state index is 13.2. The number of halogens is 2. The Balaban J connectivity index is 1.95. The molecule has 4 nitrogen and oxygen atoms in total. The Morgan fingerprint density at radius 3 is 2.76 bits per heavy atom. The van der Waals surface area contributed by atoms with Crippen LogP contribution in [0.3, 0.4) is 0 Å². The van der Waals surface area contributed by atoms with Crippen LogP contribution in [0.1, 0.15) is 10.4 Å². The Bertz CT molecular complexity index is 833. The van der Waals surface area contributed by atoms with E-state index >= 15 is 0 Å². The van der Waals surface area contributed by atoms with Crippen LogP contribution in [0.25, 0.3) is 11.0 Å². The lowest BCUT2D eigenvalue weighted by Gasteiger charge is -2.07. The van der Waals surface area contributed by atoms with Gasteiger partial charge >= 0.3 is 0 Å². The summed E-state index contributed by atoms with van der Waals surface area (Å²) in [7, 11) is 0. The molecular formula is C15H9BrFN3O. The number of fused-ring (bicyclic) bond motifs is 1. The Hall–Kier alpha value is -2.34. The van der Waals surface area contributed by atoms with E-state index in [0.29, 0.717) is 22.3 Å². The zero-order valence-electron chi connectivity index (χ0n) is 10.7. The topological polar surface area (TPSA) is 54.9 Å². The third kappa shape index (κ3) is 2.75. The van der Waals surface area contributed by atoms with Gasteiger partial charge in [0.25, 0.3) is 5.91 Å². The van der Waals surface area contributed by atoms with Crippen molar-refractivity contribution in [3.05, 3.63) is 64.6 Å². The van der Waals surface area contributed by atoms with E-state index in [-0.39, 0.29) is 16.2 Å². The normalized spacial score (nSPS) is 10.6. The minimum atomic E-state index is -0.385. The number of benzene rings is 2. The smallest absolute Gasteiger partial charge is 0.257 e. The second-order valence-electron chi connectivity index (χ2n) is 4.31. The highest BCUT2D eigenvalue weighted by molar-refractivity contribution is 9.10. The number of nitrogens with one attached hydrogen (secondary N) is 1. The molecule has 1 N–H and O–H groups in total. The number of aromatic nitrogens is 2. The lowest BCUT2D eigenvalue weighted by Crippen LogP contribution is -2.13. The van der Waals surface area contributed by atoms with Crippen LogP contribution in [-0.2, 0) is 0 Å². The molecule has 21 heavy (non-hydrogen) atoms. The van der Waals surface area contributed by atoms with E-state index in [4.69, 9.17) is 0 Å². The first-order chi connectivity index (χ1) is 10.1. The number of anilines is 1. The van der Waals surface area contributed by atoms with Crippen molar-refractivity contribution in [2.75, 3.05) is 5.32 Å². The first-order valence-corrected chi connectivity index (χ1v) is 6.90. The fourth-order valence-electron chi connectivity index (χ4n) is 1.95. The molecule has 104 valence electrons. The predicted octanol–water partition coefficient (Wildman–Crippen LogP) is 3.78. The summed E-state index contributed by atoms with van der Waals surface area (Å²) >= 11 is 3.08. The average Bonchev–Trinajstić information content (AvgIpc) is 2.50. The van der Waals surface area contributed by atoms with Crippen molar-refractivity contribution in [3.63, 3.8) is 0 Å². The molecular weight excluding hydrogens is 337 g/mol. The first kappa shape index (κ1) is 13.6. The van der Waals surface area contributed by atoms with Gasteiger partial charge in [-0.2, -0.15) is 0 Å². The molecule has 0 radical (unpaired) electrons. The van der Waals surface area contributed by atoms with Gasteiger partial charge in [-0.15, -0.1) is 0 Å². The number of carbonyl (C=O) groups excluding carboxylic acids is 1. The monoisotopic (exact) mass is 345 g/mol. The molecule has 0 bridgehead atoms. The van der Waals surface area contributed by atoms with Crippen LogP contribution in [0.4, 0.5) is 10.1 Å². The van der Waals surface area contributed by atoms with Crippen molar-refractivity contribution in [2.45, 2.75) is 0 Å². The van der Waals surface area contributed by atoms with Crippen LogP contribution in [0, 0.1) is 5.82 Å². The van der Waals surface area contributed by atoms with Crippen LogP contribution in [0.15, 0.2) is 53.3 Å². The summed E-state index contributed by atoms with van der Waals surface area (Å²) in [4.78, 5) is 20.7. The van der Waals surface area contributed by atoms with Crippen LogP contribution >= 0.6 is 15.9 Å². The average molecular weight is 346 g/mol. The molecule has 0 aliphatic rings. The van der Waals surface area contributed by atoms with Crippen molar-refractivity contribution < 1.29 is 9.18 Å². The molecule has 0 saturated carbocycles. The minimum Gasteiger partial charge on any atom is -0.322 e. The predicted molar refractivity (Wildman–Crippen MR) is 81.6 cm³/mol. The quantitative estimate of drug-likeness (QED) is 0.768. The summed E-state index contributed by atoms with van der Waals surface area (Å²) in [5.74, 6) is -0.705. The Morgan fingerprint density at radius 2 is 1.95 bits per heavy atom. The minimum absolute atomic E-state index is 0.290. The summed E-state index contributed by atoms with van der Waals surface area (Å²) in [6.07, 6.45) is 3.11. The van der Waals surface area contributed by atoms with Crippen molar-refractivity contribution in [1.82, 2.24) is 9.97 Å². The molecule has 2 aromatic carbocycles. The van der Waals surface area contributed by atoms with Crippen molar-refractivity contribution in [1.29, 1.82) is 0 Å². The van der Waals surface area contributed by atoms with Gasteiger partial charge in [-0.25, -0.2) is 4.39 Å². The second kappa shape index (κ2) is 5.57. The number of rotatable bonds is 2. The van der Waals surface area contributed by atoms with Crippen LogP contribution in [0.5, 0.6) is 0 Å². The Morgan fingerprint density at radius 1 is 1.14 bits per heavy atom. The van der Waals surface area contributed by atoms with E-state index in [1.54, 1.807) is 24.4 Å². The molecule has 0 saturated heterocycles. The molecule has 3 rings (SSSR count). The number of hydrogen-bond donors (Lipinski definition) is 1. The maximum Gasteiger partial charge on any atom is 0.257 e. The molecule has 0 aliphatic heterocycles. The number of nitrogens with zero attached hydrogens (tertiary/aromatic N) is 2. The summed E-state index contributed by atoms with van der Waals surface area (Å²) in [5.41, 5.74) is 2.08. The van der Waals surface area contributed by atoms with Crippen LogP contribution in [-0.4, -0.2) is 15.9 Å². The van der Waals surface area contributed by atoms with Gasteiger partial charge in [0.2, 0.25) is 0 Å². The molecule has 3 aromatic rings. The van der Waals surface area contributed by atoms with Gasteiger partial charge in [-0.1, -0.05) is 6.07 Å². The fraction of sp³-hybridized carbons (Fsp3) is 0. The van der Waals surface area contributed by atoms with E-state index in [1.807, 2.05) is 0 Å². The standard InChI is InChI=1S/C15H9BrFN3O/c16-11-8-9(4-5-12(11)17)20-15(21)10-2-1-3-13-14(10)19-7-6-18-13/h1-8H,(H,20,21). The van der Waals surface area contributed by atoms with Crippen molar-refractivity contribution in [3.8, 4) is 0 Å². The molecule has 0 atom stereocenters. The first-order valence-electron chi connectivity index (χ1n) is 6.11. The molecule has 1 amide bonds. The highest BCUT2D eigenvalue weighted by Crippen LogP contribution is 2.21. The fourth-order valence-corrected chi connectivity index (χ4v) is 2.33. The van der Waals surface area contributed by atoms with Gasteiger partial charge < -0.3 is 5.32 Å². The summed E-state index contributed by atoms with van der Waals surface area (Å²) < 4.78 is 13.5. The largest absolute Gasteiger partial charge is 0.322 e. The zero-order chi connectivity index (χ0) is 14.8. The number of carbonyl (C=O) groups is 1. The van der Waals surface area contributed by atoms with Crippen molar-refractivity contribution in [2.24, 2.45) is 0 Å². The number of amides is 1. The highest BCUT2D eigenvalue weighted by Gasteiger charge is 2.12. The third-order valence-corrected chi connectivity index (χ3v) is 3.53. The van der Waals surface area contributed by atoms with Crippen LogP contribution in [0.2, 0.25) is 0 Å². The van der Waals surface area contributed by atoms with E-state index in [2.05, 4.69) is 31.2 Å². The van der Waals surface area contributed by atoms with Gasteiger partial charge in [-0.3, -0.25) is 14.8 Å². The molecule has 1 heterocycles. The third-order valence-electron chi connectivity index (χ3n) is 2.92. The number of para-hydroxylation sites is 1. The van der Waals surface area contributed by atoms with E-state index in [9.17, 15) is 9.18 Å². The summed E-state index contributed by atoms with van der Waals surface area (Å²) in [6.45, 7) is 0. The van der Waals surface area contributed by atoms with Crippen LogP contribution < -0.4 is 5.32 Å². The maximum absolute atomic E-state index is 13.2. The second-order valence-corrected chi connectivity index (χ2v) is 5.17. The molecule has 0 spiro atoms. The SMILES string of the molecule is O=C(Nc1ccc(F)c(Br)c1)c1cccc2nccnc12. The van der Waals surface area contributed by atoms with Gasteiger partial charge in [0.1, 0.15) is 11.3 Å². The molecule has 0 unspecified atom stereocenters.